The number of amides is 2. The van der Waals surface area contributed by atoms with E-state index in [4.69, 9.17) is 47.4 Å². The molecule has 4 aromatic rings. The molecule has 1 N–H and O–H groups in total. The highest BCUT2D eigenvalue weighted by Gasteiger charge is 2.45. The van der Waals surface area contributed by atoms with Crippen molar-refractivity contribution in [1.82, 2.24) is 0 Å². The quantitative estimate of drug-likeness (QED) is 0.0726. The zero-order valence-corrected chi connectivity index (χ0v) is 36.7. The molecule has 2 atom stereocenters. The van der Waals surface area contributed by atoms with E-state index in [0.29, 0.717) is 79.8 Å². The number of anilines is 2. The fraction of sp³-hybridized carbons (Fsp3) is 0.326. The molecule has 2 heterocycles. The van der Waals surface area contributed by atoms with Crippen molar-refractivity contribution < 1.29 is 66.9 Å². The molecule has 16 heteroatoms. The molecule has 62 heavy (non-hydrogen) atoms. The third-order valence-electron chi connectivity index (χ3n) is 9.81. The third-order valence-corrected chi connectivity index (χ3v) is 9.81. The van der Waals surface area contributed by atoms with Crippen LogP contribution in [0.2, 0.25) is 0 Å². The number of nitrogens with zero attached hydrogens (tertiary/aromatic N) is 2. The second kappa shape index (κ2) is 19.0. The average Bonchev–Trinajstić information content (AvgIpc) is 3.26. The van der Waals surface area contributed by atoms with Crippen molar-refractivity contribution in [3.8, 4) is 57.5 Å². The molecule has 330 valence electrons. The Kier molecular flexibility index (Phi) is 14.1. The number of β-lactam (4-membered cyclic amide) rings is 2. The fourth-order valence-corrected chi connectivity index (χ4v) is 6.96. The first kappa shape index (κ1) is 45.8. The fourth-order valence-electron chi connectivity index (χ4n) is 6.96. The summed E-state index contributed by atoms with van der Waals surface area (Å²) >= 11 is 0. The third kappa shape index (κ3) is 9.08. The van der Waals surface area contributed by atoms with Crippen molar-refractivity contribution in [2.75, 3.05) is 73.3 Å². The van der Waals surface area contributed by atoms with Gasteiger partial charge in [0.15, 0.2) is 52.6 Å². The van der Waals surface area contributed by atoms with E-state index in [1.807, 2.05) is 6.07 Å². The zero-order valence-electron chi connectivity index (χ0n) is 36.7. The number of aromatic hydroxyl groups is 1. The Morgan fingerprint density at radius 1 is 0.565 bits per heavy atom. The van der Waals surface area contributed by atoms with Gasteiger partial charge in [0.25, 0.3) is 11.8 Å². The maximum absolute atomic E-state index is 12.9. The first-order valence-electron chi connectivity index (χ1n) is 19.0. The van der Waals surface area contributed by atoms with Gasteiger partial charge in [-0.05, 0) is 56.2 Å². The van der Waals surface area contributed by atoms with Gasteiger partial charge in [-0.25, -0.2) is 4.79 Å². The Labute approximate surface area is 360 Å². The van der Waals surface area contributed by atoms with Crippen LogP contribution in [0, 0.1) is 0 Å². The lowest BCUT2D eigenvalue weighted by Crippen LogP contribution is -2.48. The average molecular weight is 857 g/mol. The van der Waals surface area contributed by atoms with Gasteiger partial charge in [-0.1, -0.05) is 25.3 Å². The summed E-state index contributed by atoms with van der Waals surface area (Å²) in [5.74, 6) is 2.74. The molecule has 0 bridgehead atoms. The van der Waals surface area contributed by atoms with E-state index >= 15 is 0 Å². The van der Waals surface area contributed by atoms with Crippen molar-refractivity contribution in [2.45, 2.75) is 38.5 Å². The van der Waals surface area contributed by atoms with E-state index < -0.39 is 23.7 Å². The Balaban J connectivity index is 0.000000242. The summed E-state index contributed by atoms with van der Waals surface area (Å²) < 4.78 is 53.8. The molecule has 4 aromatic carbocycles. The van der Waals surface area contributed by atoms with Crippen LogP contribution in [0.4, 0.5) is 11.4 Å². The summed E-state index contributed by atoms with van der Waals surface area (Å²) in [7, 11) is 12.0. The molecule has 16 nitrogen and oxygen atoms in total. The van der Waals surface area contributed by atoms with Crippen LogP contribution >= 0.6 is 0 Å². The van der Waals surface area contributed by atoms with E-state index in [9.17, 15) is 19.5 Å². The molecule has 0 unspecified atom stereocenters. The van der Waals surface area contributed by atoms with E-state index in [-0.39, 0.29) is 24.2 Å². The molecule has 6 rings (SSSR count). The lowest BCUT2D eigenvalue weighted by molar-refractivity contribution is -0.157. The van der Waals surface area contributed by atoms with E-state index in [1.54, 1.807) is 85.2 Å². The van der Waals surface area contributed by atoms with Crippen molar-refractivity contribution in [3.63, 3.8) is 0 Å². The number of hydrogen-bond donors (Lipinski definition) is 1. The molecular formula is C46H52N2O14. The summed E-state index contributed by atoms with van der Waals surface area (Å²) in [5.41, 5.74) is 2.76. The number of phenols is 1. The van der Waals surface area contributed by atoms with E-state index in [1.165, 1.54) is 56.9 Å². The molecule has 2 saturated heterocycles. The van der Waals surface area contributed by atoms with Gasteiger partial charge in [0.1, 0.15) is 5.60 Å². The Morgan fingerprint density at radius 2 is 0.952 bits per heavy atom. The van der Waals surface area contributed by atoms with Crippen LogP contribution in [0.1, 0.15) is 44.0 Å². The molecule has 0 radical (unpaired) electrons. The van der Waals surface area contributed by atoms with Gasteiger partial charge in [0, 0.05) is 35.4 Å². The second-order valence-electron chi connectivity index (χ2n) is 14.7. The number of rotatable bonds is 15. The van der Waals surface area contributed by atoms with Gasteiger partial charge in [-0.15, -0.1) is 0 Å². The van der Waals surface area contributed by atoms with E-state index in [2.05, 4.69) is 13.2 Å². The highest BCUT2D eigenvalue weighted by molar-refractivity contribution is 6.16. The van der Waals surface area contributed by atoms with Gasteiger partial charge in [-0.3, -0.25) is 19.4 Å². The van der Waals surface area contributed by atoms with Crippen molar-refractivity contribution in [1.29, 1.82) is 0 Å². The van der Waals surface area contributed by atoms with Crippen LogP contribution < -0.4 is 52.4 Å². The van der Waals surface area contributed by atoms with Crippen LogP contribution in [-0.4, -0.2) is 92.0 Å². The maximum Gasteiger partial charge on any atom is 0.344 e. The first-order valence-corrected chi connectivity index (χ1v) is 19.0. The van der Waals surface area contributed by atoms with Crippen LogP contribution in [0.25, 0.3) is 0 Å². The molecule has 0 aromatic heterocycles. The number of ether oxygens (including phenoxy) is 10. The second-order valence-corrected chi connectivity index (χ2v) is 14.7. The molecule has 0 spiro atoms. The number of esters is 1. The predicted molar refractivity (Wildman–Crippen MR) is 230 cm³/mol. The minimum absolute atomic E-state index is 0.00742. The molecule has 0 aliphatic carbocycles. The smallest absolute Gasteiger partial charge is 0.344 e. The summed E-state index contributed by atoms with van der Waals surface area (Å²) in [5, 5.41) is 10.1. The summed E-state index contributed by atoms with van der Waals surface area (Å²) in [6.45, 7) is 12.9. The summed E-state index contributed by atoms with van der Waals surface area (Å²) in [6, 6.07) is 16.1. The van der Waals surface area contributed by atoms with Gasteiger partial charge < -0.3 is 52.5 Å². The minimum atomic E-state index is -0.628. The zero-order chi connectivity index (χ0) is 45.6. The minimum Gasteiger partial charge on any atom is -0.504 e. The van der Waals surface area contributed by atoms with E-state index in [0.717, 1.165) is 5.56 Å². The van der Waals surface area contributed by atoms with Gasteiger partial charge in [-0.2, -0.15) is 0 Å². The molecule has 2 amide bonds. The number of benzene rings is 4. The molecule has 0 saturated carbocycles. The topological polar surface area (TPSA) is 170 Å². The highest BCUT2D eigenvalue weighted by Crippen LogP contribution is 2.50. The van der Waals surface area contributed by atoms with Crippen molar-refractivity contribution in [2.24, 2.45) is 0 Å². The standard InChI is InChI=1S/C26H31NO8.C20H21NO6/c1-15-23(27(25(15)29)17-12-20(31-6)24(33-8)21(13-17)32-7)16-9-10-18(30-5)19(11-16)34-14-22(28)35-26(2,3)4;1-11-18(12-6-7-15(24-2)14(22)8-12)21(20(11)23)13-9-16(25-3)19(27-5)17(10-13)26-4/h9-13,23H,1,14H2,2-8H3;6-10,18,22H,1H2,2-5H3/t23-;18-/m11/s1. The highest BCUT2D eigenvalue weighted by atomic mass is 16.6. The van der Waals surface area contributed by atoms with Crippen LogP contribution in [0.15, 0.2) is 85.0 Å². The number of methoxy groups -OCH3 is 8. The Bertz CT molecular complexity index is 2320. The number of carbonyl (C=O) groups is 3. The van der Waals surface area contributed by atoms with Crippen LogP contribution in [0.5, 0.6) is 57.5 Å². The van der Waals surface area contributed by atoms with Crippen LogP contribution in [-0.2, 0) is 19.1 Å². The number of carbonyl (C=O) groups excluding carboxylic acids is 3. The number of phenolic OH excluding ortho intramolecular Hbond substituents is 1. The molecular weight excluding hydrogens is 805 g/mol. The summed E-state index contributed by atoms with van der Waals surface area (Å²) in [4.78, 5) is 40.7. The van der Waals surface area contributed by atoms with Gasteiger partial charge in [0.2, 0.25) is 11.5 Å². The lowest BCUT2D eigenvalue weighted by Gasteiger charge is -2.42. The predicted octanol–water partition coefficient (Wildman–Crippen LogP) is 7.16. The molecule has 2 aliphatic heterocycles. The van der Waals surface area contributed by atoms with Gasteiger partial charge >= 0.3 is 5.97 Å². The van der Waals surface area contributed by atoms with Gasteiger partial charge in [0.05, 0.1) is 80.3 Å². The van der Waals surface area contributed by atoms with Crippen LogP contribution in [0.3, 0.4) is 0 Å². The summed E-state index contributed by atoms with van der Waals surface area (Å²) in [6.07, 6.45) is 0. The van der Waals surface area contributed by atoms with Crippen molar-refractivity contribution >= 4 is 29.2 Å². The number of hydrogen-bond acceptors (Lipinski definition) is 14. The first-order chi connectivity index (χ1) is 29.5. The normalized spacial score (nSPS) is 15.6. The van der Waals surface area contributed by atoms with Crippen molar-refractivity contribution in [3.05, 3.63) is 96.1 Å². The largest absolute Gasteiger partial charge is 0.504 e. The Hall–Kier alpha value is -7.23. The lowest BCUT2D eigenvalue weighted by atomic mass is 9.88. The Morgan fingerprint density at radius 3 is 1.31 bits per heavy atom. The maximum atomic E-state index is 12.9. The SMILES string of the molecule is C=C1C(=O)N(c2cc(OC)c(OC)c(OC)c2)[C@H]1c1ccc(OC)c(O)c1.C=C1C(=O)N(c2cc(OC)c(OC)c(OC)c2)[C@H]1c1ccc(OC)c(OCC(=O)OC(C)(C)C)c1. The molecule has 2 fully saturated rings. The monoisotopic (exact) mass is 856 g/mol. The molecule has 2 aliphatic rings.